The third kappa shape index (κ3) is 6.52. The quantitative estimate of drug-likeness (QED) is 0.608. The summed E-state index contributed by atoms with van der Waals surface area (Å²) in [5.74, 6) is -4.91. The maximum Gasteiger partial charge on any atom is 0.408 e. The number of hydrogen-bond acceptors (Lipinski definition) is 7. The largest absolute Gasteiger partial charge is 0.480 e. The lowest BCUT2D eigenvalue weighted by Crippen LogP contribution is -2.45. The molecule has 1 saturated carbocycles. The molecule has 1 aliphatic carbocycles. The number of carbonyl (C=O) groups is 3. The Morgan fingerprint density at radius 2 is 1.80 bits per heavy atom. The molecule has 0 aromatic carbocycles. The highest BCUT2D eigenvalue weighted by Crippen LogP contribution is 2.50. The summed E-state index contributed by atoms with van der Waals surface area (Å²) in [6.45, 7) is 6.54. The maximum absolute atomic E-state index is 12.0. The third-order valence-corrected chi connectivity index (χ3v) is 4.60. The summed E-state index contributed by atoms with van der Waals surface area (Å²) in [5.41, 5.74) is -0.830. The topological polar surface area (TPSA) is 136 Å². The Hall–Kier alpha value is -1.84. The first-order chi connectivity index (χ1) is 11.3. The highest BCUT2D eigenvalue weighted by Gasteiger charge is 2.62. The molecule has 2 N–H and O–H groups in total. The van der Waals surface area contributed by atoms with E-state index in [1.807, 2.05) is 0 Å². The second kappa shape index (κ2) is 7.59. The number of carbonyl (C=O) groups excluding carboxylic acids is 2. The highest BCUT2D eigenvalue weighted by molar-refractivity contribution is 7.90. The molecule has 0 bridgehead atoms. The summed E-state index contributed by atoms with van der Waals surface area (Å²) in [4.78, 5) is 35.4. The number of carboxylic acids is 1. The summed E-state index contributed by atoms with van der Waals surface area (Å²) in [6.07, 6.45) is 0.0503. The van der Waals surface area contributed by atoms with E-state index in [1.165, 1.54) is 0 Å². The van der Waals surface area contributed by atoms with Gasteiger partial charge >= 0.3 is 18.0 Å². The van der Waals surface area contributed by atoms with E-state index in [2.05, 4.69) is 5.32 Å². The number of carboxylic acid groups (broad SMARTS) is 1. The molecule has 1 aliphatic rings. The second-order valence-electron chi connectivity index (χ2n) is 7.07. The first-order valence-electron chi connectivity index (χ1n) is 7.83. The molecule has 0 heterocycles. The zero-order valence-corrected chi connectivity index (χ0v) is 15.8. The van der Waals surface area contributed by atoms with E-state index in [0.717, 1.165) is 6.26 Å². The second-order valence-corrected chi connectivity index (χ2v) is 9.26. The minimum absolute atomic E-state index is 0.0882. The van der Waals surface area contributed by atoms with Gasteiger partial charge in [0.25, 0.3) is 0 Å². The van der Waals surface area contributed by atoms with Gasteiger partial charge in [-0.1, -0.05) is 0 Å². The average Bonchev–Trinajstić information content (AvgIpc) is 3.04. The molecular weight excluding hydrogens is 354 g/mol. The van der Waals surface area contributed by atoms with Crippen LogP contribution in [-0.2, 0) is 28.9 Å². The highest BCUT2D eigenvalue weighted by atomic mass is 32.2. The predicted octanol–water partition coefficient (Wildman–Crippen LogP) is 0.434. The van der Waals surface area contributed by atoms with Crippen molar-refractivity contribution in [2.75, 3.05) is 18.6 Å². The maximum atomic E-state index is 12.0. The first-order valence-corrected chi connectivity index (χ1v) is 9.89. The zero-order valence-electron chi connectivity index (χ0n) is 14.9. The fourth-order valence-corrected chi connectivity index (χ4v) is 3.88. The van der Waals surface area contributed by atoms with Gasteiger partial charge in [0.05, 0.1) is 18.3 Å². The molecule has 1 rings (SSSR count). The summed E-state index contributed by atoms with van der Waals surface area (Å²) in [6, 6.07) is -1.45. The lowest BCUT2D eigenvalue weighted by molar-refractivity contribution is -0.145. The molecule has 1 fully saturated rings. The summed E-state index contributed by atoms with van der Waals surface area (Å²) in [5, 5.41) is 11.6. The fraction of sp³-hybridized carbons (Fsp3) is 0.800. The van der Waals surface area contributed by atoms with Gasteiger partial charge in [0.1, 0.15) is 21.5 Å². The standard InChI is InChI=1S/C15H25NO8S/c1-6-23-13(19)10-8(7-25(5,21)22)9(10)11(12(17)18)16-14(20)24-15(2,3)4/h8-11H,6-7H2,1-5H3,(H,16,20)(H,17,18). The smallest absolute Gasteiger partial charge is 0.408 e. The van der Waals surface area contributed by atoms with Crippen LogP contribution in [0.2, 0.25) is 0 Å². The minimum atomic E-state index is -3.44. The minimum Gasteiger partial charge on any atom is -0.480 e. The zero-order chi connectivity index (χ0) is 19.6. The van der Waals surface area contributed by atoms with E-state index in [1.54, 1.807) is 27.7 Å². The van der Waals surface area contributed by atoms with Gasteiger partial charge in [-0.15, -0.1) is 0 Å². The molecule has 0 spiro atoms. The van der Waals surface area contributed by atoms with Crippen LogP contribution in [0.15, 0.2) is 0 Å². The first kappa shape index (κ1) is 21.2. The molecule has 4 atom stereocenters. The van der Waals surface area contributed by atoms with E-state index >= 15 is 0 Å². The fourth-order valence-electron chi connectivity index (χ4n) is 2.75. The molecule has 9 nitrogen and oxygen atoms in total. The SMILES string of the molecule is CCOC(=O)C1C(CS(C)(=O)=O)C1C(NC(=O)OC(C)(C)C)C(=O)O. The van der Waals surface area contributed by atoms with Crippen molar-refractivity contribution in [3.8, 4) is 0 Å². The number of sulfone groups is 1. The van der Waals surface area contributed by atoms with Gasteiger partial charge in [0.2, 0.25) is 0 Å². The van der Waals surface area contributed by atoms with Gasteiger partial charge in [-0.2, -0.15) is 0 Å². The van der Waals surface area contributed by atoms with Crippen molar-refractivity contribution in [2.45, 2.75) is 39.3 Å². The molecule has 144 valence electrons. The molecule has 0 aromatic rings. The van der Waals surface area contributed by atoms with Crippen LogP contribution in [0.25, 0.3) is 0 Å². The number of amides is 1. The number of rotatable bonds is 7. The third-order valence-electron chi connectivity index (χ3n) is 3.61. The Kier molecular flexibility index (Phi) is 6.44. The molecule has 25 heavy (non-hydrogen) atoms. The molecule has 0 aliphatic heterocycles. The summed E-state index contributed by atoms with van der Waals surface area (Å²) in [7, 11) is -3.44. The van der Waals surface area contributed by atoms with Gasteiger partial charge in [0.15, 0.2) is 0 Å². The molecule has 4 unspecified atom stereocenters. The Morgan fingerprint density at radius 1 is 1.24 bits per heavy atom. The van der Waals surface area contributed by atoms with Gasteiger partial charge in [-0.05, 0) is 33.6 Å². The predicted molar refractivity (Wildman–Crippen MR) is 87.6 cm³/mol. The van der Waals surface area contributed by atoms with Crippen LogP contribution < -0.4 is 5.32 Å². The molecule has 0 saturated heterocycles. The van der Waals surface area contributed by atoms with Crippen molar-refractivity contribution >= 4 is 27.9 Å². The van der Waals surface area contributed by atoms with Crippen molar-refractivity contribution in [1.82, 2.24) is 5.32 Å². The molecule has 1 amide bonds. The Balaban J connectivity index is 2.96. The van der Waals surface area contributed by atoms with E-state index in [-0.39, 0.29) is 12.4 Å². The molecular formula is C15H25NO8S. The van der Waals surface area contributed by atoms with Crippen LogP contribution in [0.1, 0.15) is 27.7 Å². The van der Waals surface area contributed by atoms with E-state index in [0.29, 0.717) is 0 Å². The Bertz CT molecular complexity index is 636. The van der Waals surface area contributed by atoms with Crippen LogP contribution in [0, 0.1) is 17.8 Å². The monoisotopic (exact) mass is 379 g/mol. The van der Waals surface area contributed by atoms with Crippen molar-refractivity contribution in [1.29, 1.82) is 0 Å². The number of aliphatic carboxylic acids is 1. The molecule has 10 heteroatoms. The van der Waals surface area contributed by atoms with Crippen LogP contribution in [0.5, 0.6) is 0 Å². The normalized spacial score (nSPS) is 24.1. The van der Waals surface area contributed by atoms with Crippen LogP contribution in [0.3, 0.4) is 0 Å². The van der Waals surface area contributed by atoms with Crippen molar-refractivity contribution in [2.24, 2.45) is 17.8 Å². The number of ether oxygens (including phenoxy) is 2. The Morgan fingerprint density at radius 3 is 2.20 bits per heavy atom. The van der Waals surface area contributed by atoms with Gasteiger partial charge in [0, 0.05) is 12.2 Å². The van der Waals surface area contributed by atoms with Crippen molar-refractivity contribution in [3.05, 3.63) is 0 Å². The summed E-state index contributed by atoms with van der Waals surface area (Å²) < 4.78 is 33.0. The van der Waals surface area contributed by atoms with E-state index < -0.39 is 57.3 Å². The van der Waals surface area contributed by atoms with Crippen molar-refractivity contribution in [3.63, 3.8) is 0 Å². The van der Waals surface area contributed by atoms with Gasteiger partial charge in [-0.25, -0.2) is 18.0 Å². The number of alkyl carbamates (subject to hydrolysis) is 1. The average molecular weight is 379 g/mol. The van der Waals surface area contributed by atoms with Crippen LogP contribution >= 0.6 is 0 Å². The van der Waals surface area contributed by atoms with Gasteiger partial charge in [-0.3, -0.25) is 4.79 Å². The van der Waals surface area contributed by atoms with E-state index in [9.17, 15) is 27.9 Å². The Labute approximate surface area is 147 Å². The van der Waals surface area contributed by atoms with Crippen LogP contribution in [0.4, 0.5) is 4.79 Å². The van der Waals surface area contributed by atoms with E-state index in [4.69, 9.17) is 9.47 Å². The lowest BCUT2D eigenvalue weighted by atomic mass is 10.1. The number of hydrogen-bond donors (Lipinski definition) is 2. The number of nitrogens with one attached hydrogen (secondary N) is 1. The molecule has 0 radical (unpaired) electrons. The van der Waals surface area contributed by atoms with Gasteiger partial charge < -0.3 is 19.9 Å². The summed E-state index contributed by atoms with van der Waals surface area (Å²) >= 11 is 0. The lowest BCUT2D eigenvalue weighted by Gasteiger charge is -2.22. The number of esters is 1. The van der Waals surface area contributed by atoms with Crippen LogP contribution in [-0.4, -0.2) is 61.8 Å². The molecule has 0 aromatic heterocycles. The van der Waals surface area contributed by atoms with Crippen molar-refractivity contribution < 1.29 is 37.4 Å².